The molecule has 0 bridgehead atoms. The largest absolute Gasteiger partial charge is 0.389 e. The van der Waals surface area contributed by atoms with Gasteiger partial charge in [-0.3, -0.25) is 0 Å². The molecule has 1 aromatic rings. The topological polar surface area (TPSA) is 20.2 Å². The number of rotatable bonds is 2. The fraction of sp³-hybridized carbons (Fsp3) is 0.200. The quantitative estimate of drug-likeness (QED) is 0.748. The summed E-state index contributed by atoms with van der Waals surface area (Å²) in [5.41, 5.74) is 0.201. The number of benzene rings is 1. The number of halogens is 2. The zero-order chi connectivity index (χ0) is 10.0. The van der Waals surface area contributed by atoms with Crippen LogP contribution in [0.4, 0.5) is 8.78 Å². The summed E-state index contributed by atoms with van der Waals surface area (Å²) < 4.78 is 25.7. The molecule has 0 unspecified atom stereocenters. The van der Waals surface area contributed by atoms with Gasteiger partial charge in [-0.25, -0.2) is 8.78 Å². The van der Waals surface area contributed by atoms with Crippen LogP contribution in [0.5, 0.6) is 0 Å². The minimum absolute atomic E-state index is 0.0231. The molecule has 70 valence electrons. The lowest BCUT2D eigenvalue weighted by molar-refractivity contribution is 0.253. The molecule has 1 rings (SSSR count). The van der Waals surface area contributed by atoms with Crippen LogP contribution >= 0.6 is 0 Å². The fourth-order valence-corrected chi connectivity index (χ4v) is 0.969. The van der Waals surface area contributed by atoms with E-state index in [0.717, 1.165) is 18.2 Å². The fourth-order valence-electron chi connectivity index (χ4n) is 0.969. The number of hydrogen-bond donors (Lipinski definition) is 1. The average molecular weight is 184 g/mol. The lowest BCUT2D eigenvalue weighted by Gasteiger charge is -2.09. The van der Waals surface area contributed by atoms with Crippen molar-refractivity contribution in [2.24, 2.45) is 0 Å². The van der Waals surface area contributed by atoms with Crippen molar-refractivity contribution in [2.45, 2.75) is 13.0 Å². The Balaban J connectivity index is 3.13. The van der Waals surface area contributed by atoms with E-state index in [4.69, 9.17) is 5.11 Å². The Morgan fingerprint density at radius 1 is 1.46 bits per heavy atom. The maximum atomic E-state index is 13.0. The maximum Gasteiger partial charge on any atom is 0.130 e. The zero-order valence-corrected chi connectivity index (χ0v) is 7.22. The average Bonchev–Trinajstić information content (AvgIpc) is 2.08. The highest BCUT2D eigenvalue weighted by Crippen LogP contribution is 2.20. The van der Waals surface area contributed by atoms with Crippen LogP contribution in [0, 0.1) is 11.6 Å². The molecule has 0 fully saturated rings. The van der Waals surface area contributed by atoms with E-state index in [1.807, 2.05) is 0 Å². The van der Waals surface area contributed by atoms with Gasteiger partial charge in [0.1, 0.15) is 11.6 Å². The smallest absolute Gasteiger partial charge is 0.130 e. The van der Waals surface area contributed by atoms with E-state index >= 15 is 0 Å². The summed E-state index contributed by atoms with van der Waals surface area (Å²) in [6.07, 6.45) is -0.878. The van der Waals surface area contributed by atoms with Gasteiger partial charge in [0.05, 0.1) is 6.10 Å². The number of aliphatic hydroxyl groups excluding tert-OH is 1. The van der Waals surface area contributed by atoms with Gasteiger partial charge in [0.2, 0.25) is 0 Å². The maximum absolute atomic E-state index is 13.0. The van der Waals surface area contributed by atoms with E-state index in [-0.39, 0.29) is 11.1 Å². The van der Waals surface area contributed by atoms with Crippen molar-refractivity contribution in [1.29, 1.82) is 0 Å². The van der Waals surface area contributed by atoms with E-state index in [1.165, 1.54) is 6.92 Å². The van der Waals surface area contributed by atoms with E-state index in [1.54, 1.807) is 0 Å². The van der Waals surface area contributed by atoms with Crippen LogP contribution in [-0.4, -0.2) is 11.2 Å². The third-order valence-electron chi connectivity index (χ3n) is 1.78. The minimum Gasteiger partial charge on any atom is -0.389 e. The molecule has 0 aliphatic carbocycles. The van der Waals surface area contributed by atoms with Gasteiger partial charge in [0.15, 0.2) is 0 Å². The molecule has 0 heterocycles. The molecule has 1 nitrogen and oxygen atoms in total. The Labute approximate surface area is 75.3 Å². The highest BCUT2D eigenvalue weighted by molar-refractivity contribution is 5.66. The van der Waals surface area contributed by atoms with Gasteiger partial charge >= 0.3 is 0 Å². The normalized spacial score (nSPS) is 12.6. The number of aliphatic hydroxyl groups is 1. The summed E-state index contributed by atoms with van der Waals surface area (Å²) in [5, 5.41) is 9.10. The number of hydrogen-bond acceptors (Lipinski definition) is 1. The predicted molar refractivity (Wildman–Crippen MR) is 47.1 cm³/mol. The Bertz CT molecular complexity index is 332. The van der Waals surface area contributed by atoms with Crippen molar-refractivity contribution in [1.82, 2.24) is 0 Å². The third-order valence-corrected chi connectivity index (χ3v) is 1.78. The van der Waals surface area contributed by atoms with Gasteiger partial charge in [0, 0.05) is 5.56 Å². The SMILES string of the molecule is C=C(c1cc(F)ccc1F)[C@@H](C)O. The van der Waals surface area contributed by atoms with E-state index < -0.39 is 17.7 Å². The molecule has 13 heavy (non-hydrogen) atoms. The van der Waals surface area contributed by atoms with E-state index in [2.05, 4.69) is 6.58 Å². The molecule has 0 amide bonds. The minimum atomic E-state index is -0.878. The molecule has 0 aliphatic rings. The first-order chi connectivity index (χ1) is 6.02. The van der Waals surface area contributed by atoms with Crippen molar-refractivity contribution in [2.75, 3.05) is 0 Å². The van der Waals surface area contributed by atoms with Gasteiger partial charge in [-0.1, -0.05) is 6.58 Å². The van der Waals surface area contributed by atoms with Crippen LogP contribution in [0.15, 0.2) is 24.8 Å². The zero-order valence-electron chi connectivity index (χ0n) is 7.22. The van der Waals surface area contributed by atoms with Gasteiger partial charge < -0.3 is 5.11 Å². The van der Waals surface area contributed by atoms with Crippen LogP contribution in [-0.2, 0) is 0 Å². The molecule has 1 N–H and O–H groups in total. The monoisotopic (exact) mass is 184 g/mol. The standard InChI is InChI=1S/C10H10F2O/c1-6(7(2)13)9-5-8(11)3-4-10(9)12/h3-5,7,13H,1H2,2H3/t7-/m1/s1. The molecule has 0 saturated heterocycles. The molecule has 0 aliphatic heterocycles. The second-order valence-electron chi connectivity index (χ2n) is 2.83. The molecule has 0 spiro atoms. The first kappa shape index (κ1) is 9.86. The molecular weight excluding hydrogens is 174 g/mol. The summed E-state index contributed by atoms with van der Waals surface area (Å²) in [4.78, 5) is 0. The Hall–Kier alpha value is -1.22. The molecule has 0 aromatic heterocycles. The molecule has 3 heteroatoms. The van der Waals surface area contributed by atoms with Crippen LogP contribution in [0.2, 0.25) is 0 Å². The van der Waals surface area contributed by atoms with Gasteiger partial charge in [-0.2, -0.15) is 0 Å². The van der Waals surface area contributed by atoms with Crippen LogP contribution in [0.1, 0.15) is 12.5 Å². The van der Waals surface area contributed by atoms with Crippen molar-refractivity contribution < 1.29 is 13.9 Å². The Morgan fingerprint density at radius 3 is 2.62 bits per heavy atom. The van der Waals surface area contributed by atoms with Crippen LogP contribution < -0.4 is 0 Å². The first-order valence-corrected chi connectivity index (χ1v) is 3.84. The molecular formula is C10H10F2O. The summed E-state index contributed by atoms with van der Waals surface area (Å²) in [7, 11) is 0. The van der Waals surface area contributed by atoms with E-state index in [0.29, 0.717) is 0 Å². The van der Waals surface area contributed by atoms with Crippen molar-refractivity contribution in [3.05, 3.63) is 42.0 Å². The van der Waals surface area contributed by atoms with E-state index in [9.17, 15) is 8.78 Å². The third kappa shape index (κ3) is 2.12. The molecule has 0 radical (unpaired) electrons. The summed E-state index contributed by atoms with van der Waals surface area (Å²) in [6, 6.07) is 3.05. The van der Waals surface area contributed by atoms with Crippen LogP contribution in [0.25, 0.3) is 5.57 Å². The van der Waals surface area contributed by atoms with Gasteiger partial charge in [-0.15, -0.1) is 0 Å². The second-order valence-corrected chi connectivity index (χ2v) is 2.83. The van der Waals surface area contributed by atoms with Crippen LogP contribution in [0.3, 0.4) is 0 Å². The lowest BCUT2D eigenvalue weighted by atomic mass is 10.0. The van der Waals surface area contributed by atoms with Gasteiger partial charge in [0.25, 0.3) is 0 Å². The van der Waals surface area contributed by atoms with Gasteiger partial charge in [-0.05, 0) is 30.7 Å². The highest BCUT2D eigenvalue weighted by atomic mass is 19.1. The van der Waals surface area contributed by atoms with Crippen molar-refractivity contribution >= 4 is 5.57 Å². The van der Waals surface area contributed by atoms with Crippen molar-refractivity contribution in [3.8, 4) is 0 Å². The Kier molecular flexibility index (Phi) is 2.78. The summed E-state index contributed by atoms with van der Waals surface area (Å²) in [5.74, 6) is -1.12. The molecule has 0 saturated carbocycles. The Morgan fingerprint density at radius 2 is 2.08 bits per heavy atom. The molecule has 1 atom stereocenters. The van der Waals surface area contributed by atoms with Crippen molar-refractivity contribution in [3.63, 3.8) is 0 Å². The highest BCUT2D eigenvalue weighted by Gasteiger charge is 2.10. The lowest BCUT2D eigenvalue weighted by Crippen LogP contribution is -2.04. The predicted octanol–water partition coefficient (Wildman–Crippen LogP) is 2.36. The second kappa shape index (κ2) is 3.66. The molecule has 1 aromatic carbocycles. The first-order valence-electron chi connectivity index (χ1n) is 3.84. The summed E-state index contributed by atoms with van der Waals surface area (Å²) in [6.45, 7) is 4.92. The summed E-state index contributed by atoms with van der Waals surface area (Å²) >= 11 is 0.